The molecular formula is C12H8ClN3O. The molecule has 0 amide bonds. The largest absolute Gasteiger partial charge is 0.314 e. The van der Waals surface area contributed by atoms with Crippen LogP contribution in [0.5, 0.6) is 0 Å². The zero-order chi connectivity index (χ0) is 11.8. The Balaban J connectivity index is 2.40. The van der Waals surface area contributed by atoms with Crippen LogP contribution >= 0.6 is 11.6 Å². The number of para-hydroxylation sites is 1. The molecule has 0 saturated carbocycles. The first-order chi connectivity index (χ1) is 8.27. The predicted octanol–water partition coefficient (Wildman–Crippen LogP) is 2.37. The van der Waals surface area contributed by atoms with E-state index in [9.17, 15) is 4.79 Å². The van der Waals surface area contributed by atoms with Crippen molar-refractivity contribution in [3.8, 4) is 5.69 Å². The Bertz CT molecular complexity index is 730. The van der Waals surface area contributed by atoms with Gasteiger partial charge in [0.05, 0.1) is 10.9 Å². The fourth-order valence-corrected chi connectivity index (χ4v) is 2.08. The molecule has 0 fully saturated rings. The molecule has 0 saturated heterocycles. The third kappa shape index (κ3) is 1.54. The molecule has 4 nitrogen and oxygen atoms in total. The highest BCUT2D eigenvalue weighted by molar-refractivity contribution is 6.33. The Labute approximate surface area is 101 Å². The van der Waals surface area contributed by atoms with E-state index in [-0.39, 0.29) is 10.7 Å². The molecule has 0 aliphatic rings. The number of nitrogens with zero attached hydrogens (tertiary/aromatic N) is 2. The van der Waals surface area contributed by atoms with E-state index >= 15 is 0 Å². The molecular weight excluding hydrogens is 238 g/mol. The van der Waals surface area contributed by atoms with Gasteiger partial charge in [0.25, 0.3) is 5.56 Å². The molecule has 0 radical (unpaired) electrons. The molecule has 5 heteroatoms. The van der Waals surface area contributed by atoms with Crippen LogP contribution < -0.4 is 5.56 Å². The maximum atomic E-state index is 11.6. The van der Waals surface area contributed by atoms with Crippen molar-refractivity contribution in [1.82, 2.24) is 14.8 Å². The first-order valence-electron chi connectivity index (χ1n) is 5.08. The number of fused-ring (bicyclic) bond motifs is 1. The van der Waals surface area contributed by atoms with E-state index in [1.54, 1.807) is 6.07 Å². The van der Waals surface area contributed by atoms with Crippen molar-refractivity contribution < 1.29 is 0 Å². The highest BCUT2D eigenvalue weighted by Crippen LogP contribution is 2.22. The van der Waals surface area contributed by atoms with Crippen LogP contribution in [0.1, 0.15) is 0 Å². The number of hydrogen-bond donors (Lipinski definition) is 1. The average Bonchev–Trinajstić information content (AvgIpc) is 2.81. The molecule has 17 heavy (non-hydrogen) atoms. The van der Waals surface area contributed by atoms with Gasteiger partial charge in [-0.3, -0.25) is 4.79 Å². The second-order valence-corrected chi connectivity index (χ2v) is 3.99. The summed E-state index contributed by atoms with van der Waals surface area (Å²) in [5.74, 6) is 0. The first kappa shape index (κ1) is 10.1. The van der Waals surface area contributed by atoms with Gasteiger partial charge in [0.1, 0.15) is 0 Å². The minimum atomic E-state index is -0.237. The van der Waals surface area contributed by atoms with Crippen molar-refractivity contribution in [1.29, 1.82) is 0 Å². The van der Waals surface area contributed by atoms with Crippen molar-refractivity contribution in [2.45, 2.75) is 0 Å². The molecule has 0 atom stereocenters. The van der Waals surface area contributed by atoms with Gasteiger partial charge >= 0.3 is 0 Å². The molecule has 0 aliphatic carbocycles. The van der Waals surface area contributed by atoms with Gasteiger partial charge in [0.15, 0.2) is 5.15 Å². The molecule has 2 heterocycles. The summed E-state index contributed by atoms with van der Waals surface area (Å²) in [7, 11) is 0. The lowest BCUT2D eigenvalue weighted by Crippen LogP contribution is -2.08. The summed E-state index contributed by atoms with van der Waals surface area (Å²) in [6, 6.07) is 11.4. The number of aromatic amines is 1. The molecule has 84 valence electrons. The van der Waals surface area contributed by atoms with Gasteiger partial charge in [-0.05, 0) is 18.2 Å². The molecule has 0 bridgehead atoms. The number of rotatable bonds is 1. The Morgan fingerprint density at radius 3 is 2.71 bits per heavy atom. The minimum Gasteiger partial charge on any atom is -0.314 e. The van der Waals surface area contributed by atoms with Crippen LogP contribution in [0, 0.1) is 0 Å². The number of aromatic nitrogens is 3. The maximum absolute atomic E-state index is 11.6. The monoisotopic (exact) mass is 245 g/mol. The van der Waals surface area contributed by atoms with E-state index in [0.717, 1.165) is 5.69 Å². The van der Waals surface area contributed by atoms with Crippen LogP contribution in [-0.2, 0) is 0 Å². The van der Waals surface area contributed by atoms with Gasteiger partial charge in [-0.25, -0.2) is 5.10 Å². The molecule has 0 aliphatic heterocycles. The van der Waals surface area contributed by atoms with E-state index in [1.165, 1.54) is 0 Å². The Hall–Kier alpha value is -2.07. The second-order valence-electron chi connectivity index (χ2n) is 3.63. The molecule has 1 N–H and O–H groups in total. The van der Waals surface area contributed by atoms with Crippen LogP contribution in [0.3, 0.4) is 0 Å². The van der Waals surface area contributed by atoms with Crippen molar-refractivity contribution in [2.24, 2.45) is 0 Å². The van der Waals surface area contributed by atoms with Crippen LogP contribution in [0.2, 0.25) is 5.15 Å². The van der Waals surface area contributed by atoms with Crippen LogP contribution in [0.15, 0.2) is 47.4 Å². The lowest BCUT2D eigenvalue weighted by Gasteiger charge is -2.05. The summed E-state index contributed by atoms with van der Waals surface area (Å²) in [6.07, 6.45) is 1.81. The topological polar surface area (TPSA) is 50.7 Å². The van der Waals surface area contributed by atoms with Gasteiger partial charge in [-0.2, -0.15) is 5.10 Å². The standard InChI is InChI=1S/C12H8ClN3O/c13-11-10-9(12(17)15-14-11)6-7-16(10)8-4-2-1-3-5-8/h1-7H,(H,15,17). The first-order valence-corrected chi connectivity index (χ1v) is 5.46. The van der Waals surface area contributed by atoms with E-state index in [1.807, 2.05) is 41.1 Å². The van der Waals surface area contributed by atoms with Crippen molar-refractivity contribution >= 4 is 22.5 Å². The molecule has 0 spiro atoms. The Kier molecular flexibility index (Phi) is 2.23. The van der Waals surface area contributed by atoms with Crippen LogP contribution in [-0.4, -0.2) is 14.8 Å². The molecule has 0 unspecified atom stereocenters. The SMILES string of the molecule is O=c1[nH]nc(Cl)c2c1ccn2-c1ccccc1. The zero-order valence-corrected chi connectivity index (χ0v) is 9.48. The van der Waals surface area contributed by atoms with Crippen molar-refractivity contribution in [3.05, 3.63) is 58.1 Å². The van der Waals surface area contributed by atoms with Gasteiger partial charge < -0.3 is 4.57 Å². The van der Waals surface area contributed by atoms with Gasteiger partial charge in [0, 0.05) is 11.9 Å². The quantitative estimate of drug-likeness (QED) is 0.716. The van der Waals surface area contributed by atoms with E-state index < -0.39 is 0 Å². The normalized spacial score (nSPS) is 10.9. The van der Waals surface area contributed by atoms with Crippen LogP contribution in [0.4, 0.5) is 0 Å². The molecule has 3 aromatic rings. The third-order valence-corrected chi connectivity index (χ3v) is 2.88. The highest BCUT2D eigenvalue weighted by atomic mass is 35.5. The van der Waals surface area contributed by atoms with Gasteiger partial charge in [0.2, 0.25) is 0 Å². The van der Waals surface area contributed by atoms with Crippen LogP contribution in [0.25, 0.3) is 16.6 Å². The van der Waals surface area contributed by atoms with Gasteiger partial charge in [-0.1, -0.05) is 29.8 Å². The predicted molar refractivity (Wildman–Crippen MR) is 66.7 cm³/mol. The smallest absolute Gasteiger partial charge is 0.273 e. The summed E-state index contributed by atoms with van der Waals surface area (Å²) in [4.78, 5) is 11.6. The van der Waals surface area contributed by atoms with E-state index in [2.05, 4.69) is 10.2 Å². The zero-order valence-electron chi connectivity index (χ0n) is 8.72. The third-order valence-electron chi connectivity index (χ3n) is 2.62. The summed E-state index contributed by atoms with van der Waals surface area (Å²) in [5, 5.41) is 6.95. The average molecular weight is 246 g/mol. The second kappa shape index (κ2) is 3.75. The number of nitrogens with one attached hydrogen (secondary N) is 1. The number of benzene rings is 1. The fourth-order valence-electron chi connectivity index (χ4n) is 1.84. The molecule has 1 aromatic carbocycles. The van der Waals surface area contributed by atoms with E-state index in [0.29, 0.717) is 10.9 Å². The summed E-state index contributed by atoms with van der Waals surface area (Å²) >= 11 is 6.02. The molecule has 2 aromatic heterocycles. The summed E-state index contributed by atoms with van der Waals surface area (Å²) < 4.78 is 1.85. The van der Waals surface area contributed by atoms with Crippen molar-refractivity contribution in [2.75, 3.05) is 0 Å². The summed E-state index contributed by atoms with van der Waals surface area (Å²) in [6.45, 7) is 0. The number of H-pyrrole nitrogens is 1. The Morgan fingerprint density at radius 2 is 1.94 bits per heavy atom. The minimum absolute atomic E-state index is 0.237. The fraction of sp³-hybridized carbons (Fsp3) is 0. The Morgan fingerprint density at radius 1 is 1.18 bits per heavy atom. The lowest BCUT2D eigenvalue weighted by molar-refractivity contribution is 0.999. The van der Waals surface area contributed by atoms with E-state index in [4.69, 9.17) is 11.6 Å². The van der Waals surface area contributed by atoms with Crippen molar-refractivity contribution in [3.63, 3.8) is 0 Å². The number of halogens is 1. The maximum Gasteiger partial charge on any atom is 0.273 e. The summed E-state index contributed by atoms with van der Waals surface area (Å²) in [5.41, 5.74) is 1.33. The lowest BCUT2D eigenvalue weighted by atomic mass is 10.3. The number of hydrogen-bond acceptors (Lipinski definition) is 2. The molecule has 3 rings (SSSR count). The highest BCUT2D eigenvalue weighted by Gasteiger charge is 2.10. The van der Waals surface area contributed by atoms with Gasteiger partial charge in [-0.15, -0.1) is 0 Å².